The molecule has 0 aromatic heterocycles. The molecular weight excluding hydrogens is 394 g/mol. The Bertz CT molecular complexity index is 833. The average molecular weight is 426 g/mol. The predicted octanol–water partition coefficient (Wildman–Crippen LogP) is 2.17. The molecule has 29 heavy (non-hydrogen) atoms. The van der Waals surface area contributed by atoms with E-state index in [1.807, 2.05) is 0 Å². The number of nitrogens with zero attached hydrogens (tertiary/aromatic N) is 2. The highest BCUT2D eigenvalue weighted by atomic mass is 32.2. The Morgan fingerprint density at radius 2 is 1.86 bits per heavy atom. The van der Waals surface area contributed by atoms with E-state index in [-0.39, 0.29) is 17.0 Å². The summed E-state index contributed by atoms with van der Waals surface area (Å²) in [5, 5.41) is 3.22. The number of hydrogen-bond acceptors (Lipinski definition) is 6. The molecule has 0 radical (unpaired) electrons. The molecule has 162 valence electrons. The number of likely N-dealkylation sites (N-methyl/N-ethyl adjacent to an activating group) is 1. The van der Waals surface area contributed by atoms with Crippen LogP contribution in [0.25, 0.3) is 0 Å². The van der Waals surface area contributed by atoms with E-state index < -0.39 is 21.9 Å². The SMILES string of the molecule is COC(=O)CN(C)C(=O)c1cc(NCCC(C)C)cc(S(=O)(=O)N2CCCC2)c1. The monoisotopic (exact) mass is 425 g/mol. The lowest BCUT2D eigenvalue weighted by molar-refractivity contribution is -0.141. The second kappa shape index (κ2) is 10.1. The Labute approximate surface area is 173 Å². The third-order valence-electron chi connectivity index (χ3n) is 4.85. The molecule has 1 saturated heterocycles. The van der Waals surface area contributed by atoms with Gasteiger partial charge in [0, 0.05) is 37.9 Å². The third-order valence-corrected chi connectivity index (χ3v) is 6.72. The number of amides is 1. The molecule has 1 heterocycles. The van der Waals surface area contributed by atoms with Crippen molar-refractivity contribution in [3.8, 4) is 0 Å². The Morgan fingerprint density at radius 1 is 1.21 bits per heavy atom. The predicted molar refractivity (Wildman–Crippen MR) is 111 cm³/mol. The second-order valence-electron chi connectivity index (χ2n) is 7.70. The van der Waals surface area contributed by atoms with Crippen LogP contribution in [0.4, 0.5) is 5.69 Å². The minimum atomic E-state index is -3.68. The topological polar surface area (TPSA) is 96.0 Å². The van der Waals surface area contributed by atoms with Gasteiger partial charge in [0.15, 0.2) is 0 Å². The van der Waals surface area contributed by atoms with Crippen molar-refractivity contribution < 1.29 is 22.7 Å². The Kier molecular flexibility index (Phi) is 8.04. The van der Waals surface area contributed by atoms with Crippen molar-refractivity contribution in [3.63, 3.8) is 0 Å². The lowest BCUT2D eigenvalue weighted by Crippen LogP contribution is -2.33. The summed E-state index contributed by atoms with van der Waals surface area (Å²) in [5.74, 6) is -0.496. The molecule has 0 bridgehead atoms. The van der Waals surface area contributed by atoms with Gasteiger partial charge in [-0.25, -0.2) is 8.42 Å². The van der Waals surface area contributed by atoms with Gasteiger partial charge >= 0.3 is 5.97 Å². The molecule has 1 fully saturated rings. The Morgan fingerprint density at radius 3 is 2.45 bits per heavy atom. The van der Waals surface area contributed by atoms with Gasteiger partial charge < -0.3 is 15.0 Å². The van der Waals surface area contributed by atoms with E-state index in [2.05, 4.69) is 23.9 Å². The lowest BCUT2D eigenvalue weighted by atomic mass is 10.1. The molecule has 1 aliphatic rings. The van der Waals surface area contributed by atoms with E-state index >= 15 is 0 Å². The van der Waals surface area contributed by atoms with Gasteiger partial charge in [0.2, 0.25) is 10.0 Å². The van der Waals surface area contributed by atoms with Crippen LogP contribution in [-0.4, -0.2) is 69.8 Å². The van der Waals surface area contributed by atoms with Crippen LogP contribution >= 0.6 is 0 Å². The van der Waals surface area contributed by atoms with Crippen LogP contribution in [0, 0.1) is 5.92 Å². The van der Waals surface area contributed by atoms with Crippen molar-refractivity contribution >= 4 is 27.6 Å². The molecule has 0 atom stereocenters. The number of carbonyl (C=O) groups excluding carboxylic acids is 2. The zero-order chi connectivity index (χ0) is 21.6. The van der Waals surface area contributed by atoms with E-state index in [0.29, 0.717) is 31.2 Å². The number of hydrogen-bond donors (Lipinski definition) is 1. The molecule has 2 rings (SSSR count). The van der Waals surface area contributed by atoms with Crippen molar-refractivity contribution in [3.05, 3.63) is 23.8 Å². The third kappa shape index (κ3) is 6.17. The highest BCUT2D eigenvalue weighted by Gasteiger charge is 2.29. The summed E-state index contributed by atoms with van der Waals surface area (Å²) in [6.45, 7) is 5.63. The van der Waals surface area contributed by atoms with E-state index in [0.717, 1.165) is 19.3 Å². The summed E-state index contributed by atoms with van der Waals surface area (Å²) in [5.41, 5.74) is 0.782. The Hall–Kier alpha value is -2.13. The summed E-state index contributed by atoms with van der Waals surface area (Å²) in [7, 11) is -0.951. The second-order valence-corrected chi connectivity index (χ2v) is 9.64. The van der Waals surface area contributed by atoms with Gasteiger partial charge in [-0.1, -0.05) is 13.8 Å². The van der Waals surface area contributed by atoms with Gasteiger partial charge in [-0.15, -0.1) is 0 Å². The first-order valence-electron chi connectivity index (χ1n) is 9.86. The van der Waals surface area contributed by atoms with Gasteiger partial charge in [-0.05, 0) is 43.4 Å². The molecule has 1 amide bonds. The first kappa shape index (κ1) is 23.2. The minimum Gasteiger partial charge on any atom is -0.468 e. The van der Waals surface area contributed by atoms with Gasteiger partial charge in [-0.3, -0.25) is 9.59 Å². The maximum atomic E-state index is 13.0. The number of rotatable bonds is 9. The average Bonchev–Trinajstić information content (AvgIpc) is 3.22. The van der Waals surface area contributed by atoms with E-state index in [1.54, 1.807) is 12.1 Å². The lowest BCUT2D eigenvalue weighted by Gasteiger charge is -2.20. The highest BCUT2D eigenvalue weighted by Crippen LogP contribution is 2.26. The molecular formula is C20H31N3O5S. The number of nitrogens with one attached hydrogen (secondary N) is 1. The maximum Gasteiger partial charge on any atom is 0.325 e. The molecule has 8 nitrogen and oxygen atoms in total. The summed E-state index contributed by atoms with van der Waals surface area (Å²) < 4.78 is 32.1. The van der Waals surface area contributed by atoms with Gasteiger partial charge in [0.25, 0.3) is 5.91 Å². The minimum absolute atomic E-state index is 0.0868. The normalized spacial score (nSPS) is 14.8. The first-order valence-corrected chi connectivity index (χ1v) is 11.3. The fraction of sp³-hybridized carbons (Fsp3) is 0.600. The number of carbonyl (C=O) groups is 2. The van der Waals surface area contributed by atoms with Crippen LogP contribution in [0.5, 0.6) is 0 Å². The van der Waals surface area contributed by atoms with E-state index in [9.17, 15) is 18.0 Å². The van der Waals surface area contributed by atoms with Gasteiger partial charge in [0.05, 0.1) is 12.0 Å². The van der Waals surface area contributed by atoms with Crippen LogP contribution < -0.4 is 5.32 Å². The standard InChI is InChI=1S/C20H31N3O5S/c1-15(2)7-8-21-17-11-16(20(25)22(3)14-19(24)28-4)12-18(13-17)29(26,27)23-9-5-6-10-23/h11-13,15,21H,5-10,14H2,1-4H3. The highest BCUT2D eigenvalue weighted by molar-refractivity contribution is 7.89. The van der Waals surface area contributed by atoms with Crippen molar-refractivity contribution in [2.75, 3.05) is 45.7 Å². The van der Waals surface area contributed by atoms with Crippen molar-refractivity contribution in [1.29, 1.82) is 0 Å². The van der Waals surface area contributed by atoms with Gasteiger partial charge in [0.1, 0.15) is 6.54 Å². The van der Waals surface area contributed by atoms with Crippen LogP contribution in [0.3, 0.4) is 0 Å². The summed E-state index contributed by atoms with van der Waals surface area (Å²) in [4.78, 5) is 25.6. The van der Waals surface area contributed by atoms with Crippen LogP contribution in [-0.2, 0) is 19.6 Å². The molecule has 1 aliphatic heterocycles. The fourth-order valence-corrected chi connectivity index (χ4v) is 4.70. The van der Waals surface area contributed by atoms with Crippen molar-refractivity contribution in [1.82, 2.24) is 9.21 Å². The number of methoxy groups -OCH3 is 1. The number of ether oxygens (including phenoxy) is 1. The van der Waals surface area contributed by atoms with Crippen LogP contribution in [0.1, 0.15) is 43.5 Å². The zero-order valence-corrected chi connectivity index (χ0v) is 18.4. The smallest absolute Gasteiger partial charge is 0.325 e. The van der Waals surface area contributed by atoms with E-state index in [4.69, 9.17) is 0 Å². The van der Waals surface area contributed by atoms with Crippen molar-refractivity contribution in [2.45, 2.75) is 38.0 Å². The largest absolute Gasteiger partial charge is 0.468 e. The van der Waals surface area contributed by atoms with Crippen LogP contribution in [0.2, 0.25) is 0 Å². The first-order chi connectivity index (χ1) is 13.6. The molecule has 9 heteroatoms. The molecule has 0 unspecified atom stereocenters. The van der Waals surface area contributed by atoms with Crippen molar-refractivity contribution in [2.24, 2.45) is 5.92 Å². The molecule has 1 N–H and O–H groups in total. The van der Waals surface area contributed by atoms with Crippen LogP contribution in [0.15, 0.2) is 23.1 Å². The van der Waals surface area contributed by atoms with Gasteiger partial charge in [-0.2, -0.15) is 4.31 Å². The number of sulfonamides is 1. The summed E-state index contributed by atoms with van der Waals surface area (Å²) in [6.07, 6.45) is 2.58. The Balaban J connectivity index is 2.36. The number of benzene rings is 1. The summed E-state index contributed by atoms with van der Waals surface area (Å²) in [6, 6.07) is 4.59. The van der Waals surface area contributed by atoms with E-state index in [1.165, 1.54) is 29.4 Å². The molecule has 1 aromatic rings. The molecule has 0 saturated carbocycles. The fourth-order valence-electron chi connectivity index (χ4n) is 3.11. The maximum absolute atomic E-state index is 13.0. The number of esters is 1. The zero-order valence-electron chi connectivity index (χ0n) is 17.6. The summed E-state index contributed by atoms with van der Waals surface area (Å²) >= 11 is 0. The molecule has 0 aliphatic carbocycles. The quantitative estimate of drug-likeness (QED) is 0.609. The molecule has 0 spiro atoms. The molecule has 1 aromatic carbocycles. The number of anilines is 1.